The Labute approximate surface area is 227 Å². The lowest BCUT2D eigenvalue weighted by Gasteiger charge is -2.22. The lowest BCUT2D eigenvalue weighted by Crippen LogP contribution is -2.26. The molecule has 5 aromatic rings. The number of nitrogens with zero attached hydrogens (tertiary/aromatic N) is 3. The standard InChI is InChI=1S/C33H30FN5/c1-20-13-24(15-25(14-20)33-36-18-26(19-37-33)22-9-11-35-12-10-22)21(2)38-32-28-17-27(34)7-8-30(28)39-29-6-4-3-5-23(29)16-31(32)39/h3-8,13-19,22,32,35,38H,2,9-12H2,1H3. The maximum Gasteiger partial charge on any atom is 0.159 e. The van der Waals surface area contributed by atoms with Gasteiger partial charge in [-0.25, -0.2) is 14.4 Å². The van der Waals surface area contributed by atoms with Crippen LogP contribution in [0.5, 0.6) is 0 Å². The second-order valence-corrected chi connectivity index (χ2v) is 10.7. The van der Waals surface area contributed by atoms with Crippen molar-refractivity contribution in [3.8, 4) is 17.1 Å². The largest absolute Gasteiger partial charge is 0.373 e. The van der Waals surface area contributed by atoms with E-state index in [0.29, 0.717) is 11.7 Å². The summed E-state index contributed by atoms with van der Waals surface area (Å²) in [5.74, 6) is 0.982. The van der Waals surface area contributed by atoms with Crippen molar-refractivity contribution >= 4 is 16.6 Å². The first-order chi connectivity index (χ1) is 19.0. The predicted octanol–water partition coefficient (Wildman–Crippen LogP) is 6.67. The quantitative estimate of drug-likeness (QED) is 0.275. The minimum Gasteiger partial charge on any atom is -0.373 e. The molecule has 2 aliphatic rings. The van der Waals surface area contributed by atoms with Crippen molar-refractivity contribution < 1.29 is 4.39 Å². The summed E-state index contributed by atoms with van der Waals surface area (Å²) in [7, 11) is 0. The van der Waals surface area contributed by atoms with E-state index in [4.69, 9.17) is 9.97 Å². The summed E-state index contributed by atoms with van der Waals surface area (Å²) >= 11 is 0. The van der Waals surface area contributed by atoms with Crippen LogP contribution in [0.15, 0.2) is 85.7 Å². The molecule has 3 aromatic carbocycles. The number of para-hydroxylation sites is 1. The van der Waals surface area contributed by atoms with Crippen LogP contribution in [-0.2, 0) is 0 Å². The smallest absolute Gasteiger partial charge is 0.159 e. The van der Waals surface area contributed by atoms with Gasteiger partial charge in [-0.1, -0.05) is 24.8 Å². The molecule has 1 unspecified atom stereocenters. The van der Waals surface area contributed by atoms with Crippen LogP contribution in [-0.4, -0.2) is 27.6 Å². The summed E-state index contributed by atoms with van der Waals surface area (Å²) in [5, 5.41) is 8.20. The average molecular weight is 516 g/mol. The normalized spacial score (nSPS) is 16.7. The number of piperidine rings is 1. The number of rotatable bonds is 5. The first-order valence-electron chi connectivity index (χ1n) is 13.6. The highest BCUT2D eigenvalue weighted by Gasteiger charge is 2.31. The van der Waals surface area contributed by atoms with Gasteiger partial charge in [-0.2, -0.15) is 0 Å². The van der Waals surface area contributed by atoms with E-state index in [2.05, 4.69) is 65.1 Å². The molecule has 7 rings (SSSR count). The lowest BCUT2D eigenvalue weighted by molar-refractivity contribution is 0.459. The van der Waals surface area contributed by atoms with Gasteiger partial charge in [-0.05, 0) is 104 Å². The number of hydrogen-bond donors (Lipinski definition) is 2. The molecule has 2 N–H and O–H groups in total. The number of aryl methyl sites for hydroxylation is 1. The van der Waals surface area contributed by atoms with Crippen LogP contribution in [0.4, 0.5) is 4.39 Å². The molecule has 39 heavy (non-hydrogen) atoms. The molecule has 1 atom stereocenters. The number of benzene rings is 3. The summed E-state index contributed by atoms with van der Waals surface area (Å²) in [5.41, 5.74) is 9.07. The highest BCUT2D eigenvalue weighted by molar-refractivity contribution is 5.86. The van der Waals surface area contributed by atoms with Crippen LogP contribution in [0.1, 0.15) is 52.7 Å². The zero-order valence-electron chi connectivity index (χ0n) is 21.9. The molecular weight excluding hydrogens is 485 g/mol. The summed E-state index contributed by atoms with van der Waals surface area (Å²) < 4.78 is 16.6. The van der Waals surface area contributed by atoms with E-state index in [1.54, 1.807) is 6.07 Å². The Bertz CT molecular complexity index is 1710. The highest BCUT2D eigenvalue weighted by atomic mass is 19.1. The second kappa shape index (κ2) is 9.47. The van der Waals surface area contributed by atoms with Crippen LogP contribution in [0, 0.1) is 12.7 Å². The molecule has 2 aromatic heterocycles. The third-order valence-corrected chi connectivity index (χ3v) is 8.06. The number of aromatic nitrogens is 3. The summed E-state index contributed by atoms with van der Waals surface area (Å²) in [4.78, 5) is 9.47. The molecule has 1 fully saturated rings. The van der Waals surface area contributed by atoms with Crippen LogP contribution < -0.4 is 10.6 Å². The summed E-state index contributed by atoms with van der Waals surface area (Å²) in [6, 6.07) is 21.6. The molecule has 0 saturated carbocycles. The minimum absolute atomic E-state index is 0.222. The Balaban J connectivity index is 1.20. The fourth-order valence-electron chi connectivity index (χ4n) is 6.13. The van der Waals surface area contributed by atoms with Gasteiger partial charge in [0.2, 0.25) is 0 Å². The highest BCUT2D eigenvalue weighted by Crippen LogP contribution is 2.42. The van der Waals surface area contributed by atoms with Gasteiger partial charge < -0.3 is 15.2 Å². The van der Waals surface area contributed by atoms with Gasteiger partial charge in [0, 0.05) is 34.6 Å². The molecular formula is C33H30FN5. The van der Waals surface area contributed by atoms with Gasteiger partial charge in [0.1, 0.15) is 5.82 Å². The van der Waals surface area contributed by atoms with Gasteiger partial charge in [0.25, 0.3) is 0 Å². The van der Waals surface area contributed by atoms with Crippen LogP contribution >= 0.6 is 0 Å². The van der Waals surface area contributed by atoms with Crippen molar-refractivity contribution in [2.75, 3.05) is 13.1 Å². The van der Waals surface area contributed by atoms with Crippen LogP contribution in [0.2, 0.25) is 0 Å². The third-order valence-electron chi connectivity index (χ3n) is 8.06. The van der Waals surface area contributed by atoms with Crippen molar-refractivity contribution in [3.63, 3.8) is 0 Å². The van der Waals surface area contributed by atoms with Gasteiger partial charge in [-0.3, -0.25) is 0 Å². The summed E-state index contributed by atoms with van der Waals surface area (Å²) in [6.45, 7) is 8.56. The molecule has 0 aliphatic carbocycles. The molecule has 0 amide bonds. The molecule has 2 aliphatic heterocycles. The van der Waals surface area contributed by atoms with Gasteiger partial charge >= 0.3 is 0 Å². The molecule has 0 radical (unpaired) electrons. The second-order valence-electron chi connectivity index (χ2n) is 10.7. The SMILES string of the molecule is C=C(NC1c2cc(F)ccc2-n2c1cc1ccccc12)c1cc(C)cc(-c2ncc(C3CCNCC3)cn2)c1. The first-order valence-corrected chi connectivity index (χ1v) is 13.6. The van der Waals surface area contributed by atoms with Gasteiger partial charge in [0.15, 0.2) is 5.82 Å². The maximum absolute atomic E-state index is 14.4. The Morgan fingerprint density at radius 1 is 1.00 bits per heavy atom. The number of halogens is 1. The van der Waals surface area contributed by atoms with E-state index in [1.165, 1.54) is 11.6 Å². The van der Waals surface area contributed by atoms with Gasteiger partial charge in [0.05, 0.1) is 22.9 Å². The predicted molar refractivity (Wildman–Crippen MR) is 154 cm³/mol. The minimum atomic E-state index is -0.246. The van der Waals surface area contributed by atoms with E-state index in [1.807, 2.05) is 30.6 Å². The Morgan fingerprint density at radius 2 is 1.79 bits per heavy atom. The maximum atomic E-state index is 14.4. The fraction of sp³-hybridized carbons (Fsp3) is 0.212. The first kappa shape index (κ1) is 23.8. The Morgan fingerprint density at radius 3 is 2.62 bits per heavy atom. The zero-order chi connectivity index (χ0) is 26.5. The summed E-state index contributed by atoms with van der Waals surface area (Å²) in [6.07, 6.45) is 6.21. The Kier molecular flexibility index (Phi) is 5.78. The van der Waals surface area contributed by atoms with Crippen LogP contribution in [0.25, 0.3) is 33.7 Å². The monoisotopic (exact) mass is 515 g/mol. The molecule has 194 valence electrons. The van der Waals surface area contributed by atoms with Gasteiger partial charge in [-0.15, -0.1) is 0 Å². The Hall–Kier alpha value is -4.29. The average Bonchev–Trinajstić information content (AvgIpc) is 3.48. The fourth-order valence-corrected chi connectivity index (χ4v) is 6.13. The molecule has 5 nitrogen and oxygen atoms in total. The van der Waals surface area contributed by atoms with E-state index >= 15 is 0 Å². The molecule has 4 heterocycles. The van der Waals surface area contributed by atoms with E-state index in [9.17, 15) is 4.39 Å². The van der Waals surface area contributed by atoms with Crippen molar-refractivity contribution in [3.05, 3.63) is 119 Å². The van der Waals surface area contributed by atoms with E-state index in [-0.39, 0.29) is 11.9 Å². The zero-order valence-corrected chi connectivity index (χ0v) is 21.9. The molecule has 1 saturated heterocycles. The number of nitrogens with one attached hydrogen (secondary N) is 2. The lowest BCUT2D eigenvalue weighted by atomic mass is 9.92. The number of hydrogen-bond acceptors (Lipinski definition) is 4. The molecule has 6 heteroatoms. The van der Waals surface area contributed by atoms with Crippen molar-refractivity contribution in [2.24, 2.45) is 0 Å². The topological polar surface area (TPSA) is 54.8 Å². The van der Waals surface area contributed by atoms with Crippen molar-refractivity contribution in [1.29, 1.82) is 0 Å². The molecule has 0 bridgehead atoms. The number of fused-ring (bicyclic) bond motifs is 5. The molecule has 0 spiro atoms. The van der Waals surface area contributed by atoms with E-state index in [0.717, 1.165) is 76.2 Å². The third kappa shape index (κ3) is 4.21. The van der Waals surface area contributed by atoms with Crippen LogP contribution in [0.3, 0.4) is 0 Å². The van der Waals surface area contributed by atoms with E-state index < -0.39 is 0 Å². The van der Waals surface area contributed by atoms with Crippen molar-refractivity contribution in [1.82, 2.24) is 25.2 Å². The van der Waals surface area contributed by atoms with Crippen molar-refractivity contribution in [2.45, 2.75) is 31.7 Å².